The van der Waals surface area contributed by atoms with E-state index in [1.54, 1.807) is 6.92 Å². The van der Waals surface area contributed by atoms with Crippen LogP contribution in [-0.4, -0.2) is 51.6 Å². The minimum Gasteiger partial charge on any atom is -0.477 e. The fourth-order valence-corrected chi connectivity index (χ4v) is 1.37. The van der Waals surface area contributed by atoms with Gasteiger partial charge in [-0.3, -0.25) is 9.69 Å². The van der Waals surface area contributed by atoms with Crippen LogP contribution in [0.2, 0.25) is 0 Å². The molecule has 6 heteroatoms. The molecule has 1 rings (SSSR count). The van der Waals surface area contributed by atoms with Crippen molar-refractivity contribution in [3.63, 3.8) is 0 Å². The highest BCUT2D eigenvalue weighted by molar-refractivity contribution is 6.16. The van der Waals surface area contributed by atoms with Gasteiger partial charge in [0.25, 0.3) is 5.91 Å². The number of carboxylic acids is 1. The van der Waals surface area contributed by atoms with Crippen molar-refractivity contribution in [1.29, 1.82) is 0 Å². The zero-order valence-corrected chi connectivity index (χ0v) is 9.17. The van der Waals surface area contributed by atoms with E-state index in [4.69, 9.17) is 5.11 Å². The molecule has 0 aliphatic carbocycles. The third-order valence-corrected chi connectivity index (χ3v) is 2.23. The summed E-state index contributed by atoms with van der Waals surface area (Å²) in [5, 5.41) is 18.1. The van der Waals surface area contributed by atoms with Gasteiger partial charge in [0, 0.05) is 19.8 Å². The number of rotatable bonds is 3. The number of carbonyl (C=O) groups is 2. The second-order valence-electron chi connectivity index (χ2n) is 3.63. The summed E-state index contributed by atoms with van der Waals surface area (Å²) in [6.07, 6.45) is 0.546. The second-order valence-corrected chi connectivity index (χ2v) is 3.63. The highest BCUT2D eigenvalue weighted by atomic mass is 16.4. The number of carbonyl (C=O) groups excluding carboxylic acids is 1. The van der Waals surface area contributed by atoms with Gasteiger partial charge in [-0.1, -0.05) is 6.58 Å². The van der Waals surface area contributed by atoms with Crippen LogP contribution in [0.3, 0.4) is 0 Å². The monoisotopic (exact) mass is 226 g/mol. The Kier molecular flexibility index (Phi) is 3.34. The number of aliphatic carboxylic acids is 1. The number of nitrogens with zero attached hydrogens (tertiary/aromatic N) is 2. The predicted molar refractivity (Wildman–Crippen MR) is 56.0 cm³/mol. The molecule has 1 aliphatic rings. The van der Waals surface area contributed by atoms with Crippen LogP contribution in [0.15, 0.2) is 24.2 Å². The van der Waals surface area contributed by atoms with E-state index in [2.05, 4.69) is 6.58 Å². The number of β-amino-alcohol motifs (C(OH)–C–C–N with tert-alkyl or cyclic N) is 1. The van der Waals surface area contributed by atoms with E-state index >= 15 is 0 Å². The second kappa shape index (κ2) is 4.36. The Labute approximate surface area is 93.1 Å². The van der Waals surface area contributed by atoms with E-state index in [9.17, 15) is 14.7 Å². The Hall–Kier alpha value is -1.82. The molecule has 6 nitrogen and oxygen atoms in total. The molecule has 0 bridgehead atoms. The van der Waals surface area contributed by atoms with Crippen molar-refractivity contribution in [3.8, 4) is 0 Å². The Morgan fingerprint density at radius 2 is 2.19 bits per heavy atom. The molecule has 0 saturated carbocycles. The lowest BCUT2D eigenvalue weighted by atomic mass is 10.2. The summed E-state index contributed by atoms with van der Waals surface area (Å²) in [5.74, 6) is -1.56. The van der Waals surface area contributed by atoms with Crippen LogP contribution in [0.25, 0.3) is 0 Å². The molecule has 1 amide bonds. The van der Waals surface area contributed by atoms with Gasteiger partial charge in [0.15, 0.2) is 0 Å². The van der Waals surface area contributed by atoms with Crippen LogP contribution in [-0.2, 0) is 9.59 Å². The normalized spacial score (nSPS) is 18.6. The van der Waals surface area contributed by atoms with Gasteiger partial charge in [-0.2, -0.15) is 0 Å². The first-order valence-electron chi connectivity index (χ1n) is 4.71. The van der Waals surface area contributed by atoms with Crippen molar-refractivity contribution in [2.45, 2.75) is 13.0 Å². The van der Waals surface area contributed by atoms with Crippen LogP contribution in [0, 0.1) is 0 Å². The molecule has 0 aromatic rings. The maximum atomic E-state index is 11.5. The van der Waals surface area contributed by atoms with E-state index in [1.807, 2.05) is 0 Å². The van der Waals surface area contributed by atoms with Crippen LogP contribution in [0.4, 0.5) is 0 Å². The first-order valence-corrected chi connectivity index (χ1v) is 4.71. The Bertz CT molecular complexity index is 373. The number of aliphatic hydroxyl groups excluding tert-OH is 1. The summed E-state index contributed by atoms with van der Waals surface area (Å²) < 4.78 is 0. The molecule has 1 aliphatic heterocycles. The lowest BCUT2D eigenvalue weighted by molar-refractivity contribution is -0.137. The molecular weight excluding hydrogens is 212 g/mol. The summed E-state index contributed by atoms with van der Waals surface area (Å²) >= 11 is 0. The molecule has 0 fully saturated rings. The highest BCUT2D eigenvalue weighted by Crippen LogP contribution is 2.19. The summed E-state index contributed by atoms with van der Waals surface area (Å²) in [7, 11) is 1.44. The quantitative estimate of drug-likeness (QED) is 0.639. The zero-order chi connectivity index (χ0) is 12.5. The molecule has 88 valence electrons. The van der Waals surface area contributed by atoms with Crippen molar-refractivity contribution in [1.82, 2.24) is 9.80 Å². The molecule has 1 unspecified atom stereocenters. The molecular formula is C10H14N2O4. The molecule has 0 radical (unpaired) electrons. The number of carboxylic acid groups (broad SMARTS) is 1. The first-order chi connectivity index (χ1) is 7.34. The average Bonchev–Trinajstić information content (AvgIpc) is 2.18. The fourth-order valence-electron chi connectivity index (χ4n) is 1.37. The summed E-state index contributed by atoms with van der Waals surface area (Å²) in [4.78, 5) is 24.9. The first kappa shape index (κ1) is 12.3. The molecule has 0 saturated heterocycles. The molecule has 0 aromatic carbocycles. The fraction of sp³-hybridized carbons (Fsp3) is 0.400. The Morgan fingerprint density at radius 1 is 1.62 bits per heavy atom. The molecule has 16 heavy (non-hydrogen) atoms. The van der Waals surface area contributed by atoms with Crippen molar-refractivity contribution in [2.24, 2.45) is 0 Å². The smallest absolute Gasteiger partial charge is 0.342 e. The van der Waals surface area contributed by atoms with Gasteiger partial charge >= 0.3 is 5.97 Å². The van der Waals surface area contributed by atoms with Gasteiger partial charge in [-0.15, -0.1) is 0 Å². The highest BCUT2D eigenvalue weighted by Gasteiger charge is 2.30. The molecule has 0 aromatic heterocycles. The van der Waals surface area contributed by atoms with Crippen LogP contribution < -0.4 is 0 Å². The van der Waals surface area contributed by atoms with Crippen molar-refractivity contribution >= 4 is 11.9 Å². The largest absolute Gasteiger partial charge is 0.477 e. The third-order valence-electron chi connectivity index (χ3n) is 2.23. The third kappa shape index (κ3) is 2.22. The number of hydrogen-bond donors (Lipinski definition) is 2. The lowest BCUT2D eigenvalue weighted by Crippen LogP contribution is -2.43. The minimum atomic E-state index is -1.29. The molecule has 2 N–H and O–H groups in total. The number of aliphatic hydroxyl groups is 1. The van der Waals surface area contributed by atoms with Gasteiger partial charge < -0.3 is 15.1 Å². The van der Waals surface area contributed by atoms with Crippen LogP contribution >= 0.6 is 0 Å². The molecule has 1 heterocycles. The van der Waals surface area contributed by atoms with Gasteiger partial charge in [0.05, 0.1) is 6.10 Å². The molecule has 1 atom stereocenters. The van der Waals surface area contributed by atoms with E-state index in [0.29, 0.717) is 5.82 Å². The minimum absolute atomic E-state index is 0.188. The van der Waals surface area contributed by atoms with Crippen molar-refractivity contribution < 1.29 is 19.8 Å². The average molecular weight is 226 g/mol. The van der Waals surface area contributed by atoms with Gasteiger partial charge in [-0.05, 0) is 6.92 Å². The van der Waals surface area contributed by atoms with E-state index in [0.717, 1.165) is 4.90 Å². The number of likely N-dealkylation sites (N-methyl/N-ethyl adjacent to an activating group) is 1. The topological polar surface area (TPSA) is 81.1 Å². The summed E-state index contributed by atoms with van der Waals surface area (Å²) in [5.41, 5.74) is -0.337. The SMILES string of the molecule is C=C1N(CC(C)O)C=C(C(=O)O)C(=O)N1C. The van der Waals surface area contributed by atoms with Crippen LogP contribution in [0.5, 0.6) is 0 Å². The van der Waals surface area contributed by atoms with Gasteiger partial charge in [0.1, 0.15) is 11.4 Å². The van der Waals surface area contributed by atoms with E-state index in [-0.39, 0.29) is 12.1 Å². The summed E-state index contributed by atoms with van der Waals surface area (Å²) in [6.45, 7) is 5.41. The summed E-state index contributed by atoms with van der Waals surface area (Å²) in [6, 6.07) is 0. The van der Waals surface area contributed by atoms with Crippen LogP contribution in [0.1, 0.15) is 6.92 Å². The maximum Gasteiger partial charge on any atom is 0.342 e. The van der Waals surface area contributed by atoms with Gasteiger partial charge in [0.2, 0.25) is 0 Å². The number of amides is 1. The van der Waals surface area contributed by atoms with Crippen molar-refractivity contribution in [2.75, 3.05) is 13.6 Å². The molecule has 0 spiro atoms. The van der Waals surface area contributed by atoms with E-state index in [1.165, 1.54) is 18.1 Å². The maximum absolute atomic E-state index is 11.5. The Balaban J connectivity index is 3.05. The van der Waals surface area contributed by atoms with Gasteiger partial charge in [-0.25, -0.2) is 4.79 Å². The predicted octanol–water partition coefficient (Wildman–Crippen LogP) is -0.419. The Morgan fingerprint density at radius 3 is 2.62 bits per heavy atom. The van der Waals surface area contributed by atoms with Crippen molar-refractivity contribution in [3.05, 3.63) is 24.2 Å². The standard InChI is InChI=1S/C10H14N2O4/c1-6(13)4-12-5-8(10(15)16)9(14)11(3)7(12)2/h5-6,13H,2,4H2,1,3H3,(H,15,16). The van der Waals surface area contributed by atoms with E-state index < -0.39 is 18.0 Å². The lowest BCUT2D eigenvalue weighted by Gasteiger charge is -2.34. The zero-order valence-electron chi connectivity index (χ0n) is 9.17. The number of hydrogen-bond acceptors (Lipinski definition) is 4.